The number of aryl methyl sites for hydroxylation is 1. The van der Waals surface area contributed by atoms with Crippen molar-refractivity contribution in [2.24, 2.45) is 0 Å². The molecule has 1 atom stereocenters. The fourth-order valence-corrected chi connectivity index (χ4v) is 4.05. The van der Waals surface area contributed by atoms with Crippen molar-refractivity contribution in [3.8, 4) is 11.6 Å². The van der Waals surface area contributed by atoms with E-state index >= 15 is 0 Å². The summed E-state index contributed by atoms with van der Waals surface area (Å²) in [5.41, 5.74) is 5.09. The first-order valence-corrected chi connectivity index (χ1v) is 11.1. The molecule has 168 valence electrons. The largest absolute Gasteiger partial charge is 0.468 e. The highest BCUT2D eigenvalue weighted by molar-refractivity contribution is 5.59. The summed E-state index contributed by atoms with van der Waals surface area (Å²) in [5, 5.41) is 12.9. The van der Waals surface area contributed by atoms with Gasteiger partial charge >= 0.3 is 0 Å². The maximum absolute atomic E-state index is 9.50. The summed E-state index contributed by atoms with van der Waals surface area (Å²) < 4.78 is 8.39. The fourth-order valence-electron chi connectivity index (χ4n) is 4.05. The number of benzene rings is 2. The maximum atomic E-state index is 9.50. The normalized spacial score (nSPS) is 16.0. The molecular formula is C26H27N5O2. The summed E-state index contributed by atoms with van der Waals surface area (Å²) in [5.74, 6) is 1.35. The van der Waals surface area contributed by atoms with Crippen LogP contribution in [-0.2, 0) is 6.54 Å². The van der Waals surface area contributed by atoms with Gasteiger partial charge in [0.2, 0.25) is 5.88 Å². The minimum absolute atomic E-state index is 0.110. The molecule has 0 bridgehead atoms. The second-order valence-corrected chi connectivity index (χ2v) is 8.23. The molecule has 7 nitrogen and oxygen atoms in total. The van der Waals surface area contributed by atoms with Gasteiger partial charge in [0.1, 0.15) is 11.9 Å². The monoisotopic (exact) mass is 441 g/mol. The third-order valence-electron chi connectivity index (χ3n) is 5.75. The summed E-state index contributed by atoms with van der Waals surface area (Å²) in [4.78, 5) is 11.3. The number of hydrogen-bond donors (Lipinski definition) is 2. The van der Waals surface area contributed by atoms with Crippen molar-refractivity contribution in [2.45, 2.75) is 19.6 Å². The molecule has 0 spiro atoms. The maximum Gasteiger partial charge on any atom is 0.220 e. The molecule has 2 N–H and O–H groups in total. The van der Waals surface area contributed by atoms with Crippen LogP contribution in [0.4, 0.5) is 11.5 Å². The predicted molar refractivity (Wildman–Crippen MR) is 128 cm³/mol. The second kappa shape index (κ2) is 9.44. The number of β-amino-alcohol motifs (C(OH)–C–C–N with tert-alkyl or cyclic N) is 1. The number of aliphatic hydroxyl groups is 1. The Balaban J connectivity index is 1.37. The molecule has 2 aromatic carbocycles. The van der Waals surface area contributed by atoms with Crippen molar-refractivity contribution in [1.29, 1.82) is 0 Å². The number of hydrogen-bond acceptors (Lipinski definition) is 6. The Kier molecular flexibility index (Phi) is 6.06. The molecule has 0 unspecified atom stereocenters. The summed E-state index contributed by atoms with van der Waals surface area (Å²) >= 11 is 0. The zero-order valence-electron chi connectivity index (χ0n) is 18.6. The summed E-state index contributed by atoms with van der Waals surface area (Å²) in [6, 6.07) is 22.3. The zero-order chi connectivity index (χ0) is 22.6. The number of ether oxygens (including phenoxy) is 1. The van der Waals surface area contributed by atoms with Crippen molar-refractivity contribution in [3.05, 3.63) is 96.1 Å². The molecule has 0 saturated carbocycles. The van der Waals surface area contributed by atoms with Gasteiger partial charge in [0.25, 0.3) is 0 Å². The predicted octanol–water partition coefficient (Wildman–Crippen LogP) is 4.25. The van der Waals surface area contributed by atoms with E-state index in [1.807, 2.05) is 78.6 Å². The van der Waals surface area contributed by atoms with Crippen molar-refractivity contribution >= 4 is 11.5 Å². The molecule has 0 radical (unpaired) electrons. The van der Waals surface area contributed by atoms with Gasteiger partial charge in [-0.15, -0.1) is 0 Å². The lowest BCUT2D eigenvalue weighted by Crippen LogP contribution is -2.30. The number of rotatable bonds is 6. The SMILES string of the molecule is Cc1cn(-c2ccc(Nc3ccc4c(n3)O[C@H](c3ccccc3)CN(CCO)C4)cc2)cn1. The van der Waals surface area contributed by atoms with Crippen LogP contribution in [0.5, 0.6) is 5.88 Å². The van der Waals surface area contributed by atoms with E-state index in [0.717, 1.165) is 34.0 Å². The summed E-state index contributed by atoms with van der Waals surface area (Å²) in [7, 11) is 0. The number of fused-ring (bicyclic) bond motifs is 1. The lowest BCUT2D eigenvalue weighted by molar-refractivity contribution is 0.126. The number of anilines is 2. The minimum atomic E-state index is -0.153. The van der Waals surface area contributed by atoms with Gasteiger partial charge < -0.3 is 19.7 Å². The number of nitrogens with zero attached hydrogens (tertiary/aromatic N) is 4. The number of aliphatic hydroxyl groups excluding tert-OH is 1. The molecule has 33 heavy (non-hydrogen) atoms. The highest BCUT2D eigenvalue weighted by Gasteiger charge is 2.25. The molecule has 0 fully saturated rings. The Labute approximate surface area is 193 Å². The molecule has 7 heteroatoms. The molecule has 3 heterocycles. The van der Waals surface area contributed by atoms with Crippen molar-refractivity contribution in [1.82, 2.24) is 19.4 Å². The average Bonchev–Trinajstić information content (AvgIpc) is 3.18. The quantitative estimate of drug-likeness (QED) is 0.466. The van der Waals surface area contributed by atoms with Gasteiger partial charge in [0.15, 0.2) is 0 Å². The first-order valence-electron chi connectivity index (χ1n) is 11.1. The zero-order valence-corrected chi connectivity index (χ0v) is 18.6. The van der Waals surface area contributed by atoms with Gasteiger partial charge in [-0.25, -0.2) is 4.98 Å². The highest BCUT2D eigenvalue weighted by atomic mass is 16.5. The lowest BCUT2D eigenvalue weighted by atomic mass is 10.1. The van der Waals surface area contributed by atoms with Crippen LogP contribution >= 0.6 is 0 Å². The van der Waals surface area contributed by atoms with Crippen LogP contribution in [0.3, 0.4) is 0 Å². The van der Waals surface area contributed by atoms with Gasteiger partial charge in [-0.05, 0) is 48.9 Å². The third kappa shape index (κ3) is 4.89. The van der Waals surface area contributed by atoms with E-state index < -0.39 is 0 Å². The van der Waals surface area contributed by atoms with Crippen LogP contribution in [0, 0.1) is 6.92 Å². The Hall–Kier alpha value is -3.68. The van der Waals surface area contributed by atoms with Crippen LogP contribution in [0.2, 0.25) is 0 Å². The molecule has 1 aliphatic heterocycles. The van der Waals surface area contributed by atoms with E-state index in [1.165, 1.54) is 0 Å². The molecule has 1 aliphatic rings. The molecule has 5 rings (SSSR count). The fraction of sp³-hybridized carbons (Fsp3) is 0.231. The minimum Gasteiger partial charge on any atom is -0.468 e. The highest BCUT2D eigenvalue weighted by Crippen LogP contribution is 2.31. The van der Waals surface area contributed by atoms with E-state index in [2.05, 4.69) is 27.3 Å². The van der Waals surface area contributed by atoms with Gasteiger partial charge in [0.05, 0.1) is 18.6 Å². The Morgan fingerprint density at radius 3 is 2.61 bits per heavy atom. The van der Waals surface area contributed by atoms with Crippen molar-refractivity contribution in [3.63, 3.8) is 0 Å². The van der Waals surface area contributed by atoms with Crippen LogP contribution in [0.1, 0.15) is 22.9 Å². The second-order valence-electron chi connectivity index (χ2n) is 8.23. The Morgan fingerprint density at radius 2 is 1.88 bits per heavy atom. The van der Waals surface area contributed by atoms with E-state index in [1.54, 1.807) is 0 Å². The first-order chi connectivity index (χ1) is 16.2. The van der Waals surface area contributed by atoms with Gasteiger partial charge in [-0.1, -0.05) is 30.3 Å². The van der Waals surface area contributed by atoms with Crippen molar-refractivity contribution < 1.29 is 9.84 Å². The Morgan fingerprint density at radius 1 is 1.06 bits per heavy atom. The molecular weight excluding hydrogens is 414 g/mol. The van der Waals surface area contributed by atoms with E-state index in [9.17, 15) is 5.11 Å². The summed E-state index contributed by atoms with van der Waals surface area (Å²) in [6.45, 7) is 4.06. The summed E-state index contributed by atoms with van der Waals surface area (Å²) in [6.07, 6.45) is 3.66. The molecule has 0 aliphatic carbocycles. The number of pyridine rings is 1. The topological polar surface area (TPSA) is 75.4 Å². The van der Waals surface area contributed by atoms with Crippen LogP contribution in [-0.4, -0.2) is 44.2 Å². The van der Waals surface area contributed by atoms with E-state index in [-0.39, 0.29) is 12.7 Å². The molecule has 0 amide bonds. The van der Waals surface area contributed by atoms with Crippen LogP contribution < -0.4 is 10.1 Å². The first kappa shape index (κ1) is 21.2. The van der Waals surface area contributed by atoms with Gasteiger partial charge in [-0.3, -0.25) is 4.90 Å². The molecule has 2 aromatic heterocycles. The van der Waals surface area contributed by atoms with E-state index in [4.69, 9.17) is 9.72 Å². The van der Waals surface area contributed by atoms with E-state index in [0.29, 0.717) is 25.5 Å². The molecule has 0 saturated heterocycles. The van der Waals surface area contributed by atoms with Crippen LogP contribution in [0.25, 0.3) is 5.69 Å². The van der Waals surface area contributed by atoms with Crippen molar-refractivity contribution in [2.75, 3.05) is 25.0 Å². The Bertz CT molecular complexity index is 1210. The number of aromatic nitrogens is 3. The standard InChI is InChI=1S/C26H27N5O2/c1-19-15-31(18-27-19)23-10-8-22(9-11-23)28-25-12-7-21-16-30(13-14-32)17-24(33-26(21)29-25)20-5-3-2-4-6-20/h2-12,15,18,24,32H,13-14,16-17H2,1H3,(H,28,29)/t24-/m0/s1. The smallest absolute Gasteiger partial charge is 0.220 e. The average molecular weight is 442 g/mol. The van der Waals surface area contributed by atoms with Crippen LogP contribution in [0.15, 0.2) is 79.3 Å². The number of imidazole rings is 1. The number of nitrogens with one attached hydrogen (secondary N) is 1. The van der Waals surface area contributed by atoms with Gasteiger partial charge in [-0.2, -0.15) is 4.98 Å². The molecule has 4 aromatic rings. The third-order valence-corrected chi connectivity index (χ3v) is 5.75. The van der Waals surface area contributed by atoms with Gasteiger partial charge in [0, 0.05) is 42.8 Å². The lowest BCUT2D eigenvalue weighted by Gasteiger charge is -2.23.